The highest BCUT2D eigenvalue weighted by Crippen LogP contribution is 2.45. The van der Waals surface area contributed by atoms with E-state index in [1.165, 1.54) is 22.6 Å². The number of aliphatic hydroxyl groups is 2. The van der Waals surface area contributed by atoms with Crippen LogP contribution >= 0.6 is 22.6 Å². The number of aliphatic carboxylic acids is 1. The molecule has 0 aromatic rings. The summed E-state index contributed by atoms with van der Waals surface area (Å²) < 4.78 is 24.7. The van der Waals surface area contributed by atoms with Crippen molar-refractivity contribution in [1.29, 1.82) is 0 Å². The molecule has 3 N–H and O–H groups in total. The van der Waals surface area contributed by atoms with Gasteiger partial charge in [-0.25, -0.2) is 8.78 Å². The molecule has 0 aromatic heterocycles. The molecule has 7 heteroatoms. The number of halogens is 3. The van der Waals surface area contributed by atoms with Crippen LogP contribution in [0.4, 0.5) is 8.78 Å². The number of hydrogen-bond acceptors (Lipinski definition) is 3. The summed E-state index contributed by atoms with van der Waals surface area (Å²) in [5.41, 5.74) is 0. The van der Waals surface area contributed by atoms with E-state index in [-0.39, 0.29) is 0 Å². The highest BCUT2D eigenvalue weighted by molar-refractivity contribution is 14.1. The van der Waals surface area contributed by atoms with Gasteiger partial charge >= 0.3 is 5.97 Å². The van der Waals surface area contributed by atoms with Crippen LogP contribution in [0.15, 0.2) is 0 Å². The molecule has 4 atom stereocenters. The second-order valence-electron chi connectivity index (χ2n) is 3.27. The lowest BCUT2D eigenvalue weighted by Gasteiger charge is -2.18. The van der Waals surface area contributed by atoms with E-state index in [0.717, 1.165) is 0 Å². The lowest BCUT2D eigenvalue weighted by molar-refractivity contribution is -0.141. The molecule has 0 saturated heterocycles. The fraction of sp³-hybridized carbons (Fsp3) is 0.857. The third-order valence-corrected chi connectivity index (χ3v) is 3.88. The zero-order valence-corrected chi connectivity index (χ0v) is 9.06. The van der Waals surface area contributed by atoms with Gasteiger partial charge in [-0.15, -0.1) is 0 Å². The van der Waals surface area contributed by atoms with E-state index in [4.69, 9.17) is 10.2 Å². The van der Waals surface area contributed by atoms with Gasteiger partial charge in [0.15, 0.2) is 0 Å². The Hall–Kier alpha value is -0.0200. The van der Waals surface area contributed by atoms with Crippen LogP contribution in [0.1, 0.15) is 6.42 Å². The van der Waals surface area contributed by atoms with Crippen LogP contribution in [-0.4, -0.2) is 43.3 Å². The number of carboxylic acids is 1. The molecule has 0 bridgehead atoms. The summed E-state index contributed by atoms with van der Waals surface area (Å²) >= 11 is 1.32. The molecule has 0 spiro atoms. The van der Waals surface area contributed by atoms with Crippen molar-refractivity contribution >= 4 is 28.6 Å². The molecule has 0 aromatic carbocycles. The number of carboxylic acid groups (broad SMARTS) is 1. The van der Waals surface area contributed by atoms with Gasteiger partial charge in [-0.2, -0.15) is 0 Å². The van der Waals surface area contributed by atoms with Crippen LogP contribution in [0.25, 0.3) is 0 Å². The van der Waals surface area contributed by atoms with Crippen LogP contribution in [0, 0.1) is 5.92 Å². The van der Waals surface area contributed by atoms with Gasteiger partial charge in [0.1, 0.15) is 10.0 Å². The van der Waals surface area contributed by atoms with E-state index < -0.39 is 40.4 Å². The number of aliphatic hydroxyl groups excluding tert-OH is 2. The van der Waals surface area contributed by atoms with Crippen molar-refractivity contribution in [1.82, 2.24) is 0 Å². The third kappa shape index (κ3) is 1.84. The van der Waals surface area contributed by atoms with Gasteiger partial charge in [0.2, 0.25) is 0 Å². The maximum absolute atomic E-state index is 13.1. The summed E-state index contributed by atoms with van der Waals surface area (Å²) in [5.74, 6) is -6.04. The van der Waals surface area contributed by atoms with Gasteiger partial charge in [-0.05, 0) is 0 Å². The predicted octanol–water partition coefficient (Wildman–Crippen LogP) is 0.252. The SMILES string of the molecule is O=C(O)C[C@@H]1[C@@H](O)[C@H](I)C(F)(F)[C@H]1O. The van der Waals surface area contributed by atoms with Crippen molar-refractivity contribution in [2.45, 2.75) is 28.5 Å². The Bertz CT molecular complexity index is 248. The van der Waals surface area contributed by atoms with Crippen molar-refractivity contribution in [3.63, 3.8) is 0 Å². The first-order chi connectivity index (χ1) is 6.28. The van der Waals surface area contributed by atoms with Gasteiger partial charge in [0.05, 0.1) is 12.5 Å². The average molecular weight is 322 g/mol. The first-order valence-electron chi connectivity index (χ1n) is 3.88. The van der Waals surface area contributed by atoms with Crippen LogP contribution in [0.5, 0.6) is 0 Å². The number of alkyl halides is 3. The van der Waals surface area contributed by atoms with E-state index in [9.17, 15) is 18.7 Å². The monoisotopic (exact) mass is 322 g/mol. The van der Waals surface area contributed by atoms with Crippen LogP contribution in [0.2, 0.25) is 0 Å². The molecule has 82 valence electrons. The number of carbonyl (C=O) groups is 1. The summed E-state index contributed by atoms with van der Waals surface area (Å²) in [7, 11) is 0. The molecule has 0 radical (unpaired) electrons. The molecular weight excluding hydrogens is 313 g/mol. The maximum Gasteiger partial charge on any atom is 0.303 e. The molecule has 1 saturated carbocycles. The Kier molecular flexibility index (Phi) is 3.32. The zero-order valence-electron chi connectivity index (χ0n) is 6.90. The molecule has 1 fully saturated rings. The normalized spacial score (nSPS) is 41.2. The summed E-state index contributed by atoms with van der Waals surface area (Å²) in [6.45, 7) is 0. The summed E-state index contributed by atoms with van der Waals surface area (Å²) in [6.07, 6.45) is -4.23. The third-order valence-electron chi connectivity index (χ3n) is 2.32. The van der Waals surface area contributed by atoms with Gasteiger partial charge in [-0.3, -0.25) is 4.79 Å². The minimum atomic E-state index is -3.43. The molecule has 0 amide bonds. The molecule has 0 aliphatic heterocycles. The number of rotatable bonds is 2. The van der Waals surface area contributed by atoms with E-state index in [1.807, 2.05) is 0 Å². The Morgan fingerprint density at radius 2 is 1.93 bits per heavy atom. The van der Waals surface area contributed by atoms with Crippen LogP contribution in [0.3, 0.4) is 0 Å². The molecular formula is C7H9F2IO4. The van der Waals surface area contributed by atoms with Gasteiger partial charge in [0.25, 0.3) is 5.92 Å². The zero-order chi connectivity index (χ0) is 11.1. The molecule has 1 aliphatic rings. The number of hydrogen-bond donors (Lipinski definition) is 3. The molecule has 4 nitrogen and oxygen atoms in total. The first kappa shape index (κ1) is 12.1. The summed E-state index contributed by atoms with van der Waals surface area (Å²) in [5, 5.41) is 26.8. The highest BCUT2D eigenvalue weighted by Gasteiger charge is 2.61. The minimum absolute atomic E-state index is 0.655. The average Bonchev–Trinajstić information content (AvgIpc) is 2.20. The van der Waals surface area contributed by atoms with Crippen molar-refractivity contribution < 1.29 is 28.9 Å². The van der Waals surface area contributed by atoms with Crippen LogP contribution < -0.4 is 0 Å². The summed E-state index contributed by atoms with van der Waals surface area (Å²) in [4.78, 5) is 10.3. The lowest BCUT2D eigenvalue weighted by atomic mass is 9.99. The second-order valence-corrected chi connectivity index (χ2v) is 4.62. The standard InChI is InChI=1S/C7H9F2IO4/c8-7(9)5(10)4(13)2(6(7)14)1-3(11)12/h2,4-6,13-14H,1H2,(H,11,12)/t2-,4-,5+,6+/m1/s1. The second kappa shape index (κ2) is 3.86. The topological polar surface area (TPSA) is 77.8 Å². The molecule has 1 rings (SSSR count). The Morgan fingerprint density at radius 1 is 1.43 bits per heavy atom. The van der Waals surface area contributed by atoms with Gasteiger partial charge < -0.3 is 15.3 Å². The minimum Gasteiger partial charge on any atom is -0.481 e. The largest absolute Gasteiger partial charge is 0.481 e. The fourth-order valence-electron chi connectivity index (χ4n) is 1.51. The van der Waals surface area contributed by atoms with E-state index in [0.29, 0.717) is 0 Å². The first-order valence-corrected chi connectivity index (χ1v) is 5.13. The molecule has 0 unspecified atom stereocenters. The molecule has 14 heavy (non-hydrogen) atoms. The Morgan fingerprint density at radius 3 is 2.21 bits per heavy atom. The van der Waals surface area contributed by atoms with Crippen molar-refractivity contribution in [3.05, 3.63) is 0 Å². The Balaban J connectivity index is 2.84. The van der Waals surface area contributed by atoms with Crippen molar-refractivity contribution in [3.8, 4) is 0 Å². The molecule has 1 aliphatic carbocycles. The van der Waals surface area contributed by atoms with Gasteiger partial charge in [-0.1, -0.05) is 22.6 Å². The highest BCUT2D eigenvalue weighted by atomic mass is 127. The summed E-state index contributed by atoms with van der Waals surface area (Å²) in [6, 6.07) is 0. The van der Waals surface area contributed by atoms with E-state index in [1.54, 1.807) is 0 Å². The molecule has 0 heterocycles. The van der Waals surface area contributed by atoms with Gasteiger partial charge in [0, 0.05) is 5.92 Å². The lowest BCUT2D eigenvalue weighted by Crippen LogP contribution is -2.36. The predicted molar refractivity (Wildman–Crippen MR) is 50.5 cm³/mol. The quantitative estimate of drug-likeness (QED) is 0.503. The maximum atomic E-state index is 13.1. The van der Waals surface area contributed by atoms with E-state index >= 15 is 0 Å². The fourth-order valence-corrected chi connectivity index (χ4v) is 2.42. The van der Waals surface area contributed by atoms with Crippen LogP contribution in [-0.2, 0) is 4.79 Å². The van der Waals surface area contributed by atoms with E-state index in [2.05, 4.69) is 0 Å². The smallest absolute Gasteiger partial charge is 0.303 e. The van der Waals surface area contributed by atoms with Crippen molar-refractivity contribution in [2.24, 2.45) is 5.92 Å². The Labute approximate surface area is 92.1 Å². The van der Waals surface area contributed by atoms with Crippen molar-refractivity contribution in [2.75, 3.05) is 0 Å².